The molecular formula is C14H17ClINO2. The van der Waals surface area contributed by atoms with Gasteiger partial charge < -0.3 is 10.4 Å². The first-order chi connectivity index (χ1) is 9.06. The van der Waals surface area contributed by atoms with Gasteiger partial charge in [-0.05, 0) is 72.4 Å². The van der Waals surface area contributed by atoms with Crippen molar-refractivity contribution in [2.75, 3.05) is 6.54 Å². The van der Waals surface area contributed by atoms with Crippen LogP contribution in [-0.4, -0.2) is 22.9 Å². The zero-order valence-electron chi connectivity index (χ0n) is 10.5. The maximum absolute atomic E-state index is 12.0. The number of hydrogen-bond acceptors (Lipinski definition) is 2. The van der Waals surface area contributed by atoms with Gasteiger partial charge in [0.25, 0.3) is 5.91 Å². The lowest BCUT2D eigenvalue weighted by atomic mass is 9.89. The fourth-order valence-corrected chi connectivity index (χ4v) is 2.91. The number of alkyl halides is 1. The lowest BCUT2D eigenvalue weighted by Crippen LogP contribution is -2.31. The second kappa shape index (κ2) is 6.79. The Morgan fingerprint density at radius 2 is 2.05 bits per heavy atom. The fourth-order valence-electron chi connectivity index (χ4n) is 2.32. The summed E-state index contributed by atoms with van der Waals surface area (Å²) in [6, 6.07) is 4.97. The fraction of sp³-hybridized carbons (Fsp3) is 0.500. The summed E-state index contributed by atoms with van der Waals surface area (Å²) in [7, 11) is 0. The lowest BCUT2D eigenvalue weighted by Gasteiger charge is -2.25. The monoisotopic (exact) mass is 393 g/mol. The number of nitrogens with one attached hydrogen (secondary N) is 1. The largest absolute Gasteiger partial charge is 0.507 e. The molecule has 1 aliphatic rings. The molecule has 3 nitrogen and oxygen atoms in total. The SMILES string of the molecule is O=C(NCC1CCC(Cl)CC1)c1ccc(I)c(O)c1. The molecule has 1 aromatic carbocycles. The van der Waals surface area contributed by atoms with E-state index in [0.717, 1.165) is 29.3 Å². The van der Waals surface area contributed by atoms with Crippen molar-refractivity contribution in [3.05, 3.63) is 27.3 Å². The summed E-state index contributed by atoms with van der Waals surface area (Å²) in [5.74, 6) is 0.548. The number of carbonyl (C=O) groups excluding carboxylic acids is 1. The summed E-state index contributed by atoms with van der Waals surface area (Å²) in [4.78, 5) is 12.0. The van der Waals surface area contributed by atoms with Crippen LogP contribution in [0.1, 0.15) is 36.0 Å². The Hall–Kier alpha value is -0.490. The van der Waals surface area contributed by atoms with Gasteiger partial charge in [0.15, 0.2) is 0 Å². The van der Waals surface area contributed by atoms with Crippen molar-refractivity contribution in [1.82, 2.24) is 5.32 Å². The molecule has 0 bridgehead atoms. The van der Waals surface area contributed by atoms with Gasteiger partial charge in [-0.2, -0.15) is 0 Å². The first-order valence-corrected chi connectivity index (χ1v) is 7.98. The Bertz CT molecular complexity index is 459. The molecule has 1 aliphatic carbocycles. The molecule has 1 saturated carbocycles. The van der Waals surface area contributed by atoms with Crippen molar-refractivity contribution in [3.8, 4) is 5.75 Å². The van der Waals surface area contributed by atoms with E-state index in [1.165, 1.54) is 6.07 Å². The number of phenols is 1. The molecule has 0 unspecified atom stereocenters. The van der Waals surface area contributed by atoms with E-state index in [4.69, 9.17) is 11.6 Å². The molecule has 0 aliphatic heterocycles. The molecule has 1 fully saturated rings. The second-order valence-electron chi connectivity index (χ2n) is 4.99. The maximum atomic E-state index is 12.0. The molecule has 2 rings (SSSR count). The Morgan fingerprint density at radius 3 is 2.68 bits per heavy atom. The molecule has 0 saturated heterocycles. The molecule has 2 N–H and O–H groups in total. The molecule has 5 heteroatoms. The van der Waals surface area contributed by atoms with Gasteiger partial charge in [0.1, 0.15) is 5.75 Å². The highest BCUT2D eigenvalue weighted by molar-refractivity contribution is 14.1. The minimum Gasteiger partial charge on any atom is -0.507 e. The number of rotatable bonds is 3. The molecule has 19 heavy (non-hydrogen) atoms. The minimum atomic E-state index is -0.125. The van der Waals surface area contributed by atoms with Crippen molar-refractivity contribution in [3.63, 3.8) is 0 Å². The van der Waals surface area contributed by atoms with E-state index in [-0.39, 0.29) is 11.7 Å². The third kappa shape index (κ3) is 4.24. The van der Waals surface area contributed by atoms with Gasteiger partial charge in [-0.1, -0.05) is 0 Å². The van der Waals surface area contributed by atoms with Crippen LogP contribution < -0.4 is 5.32 Å². The molecule has 0 aromatic heterocycles. The van der Waals surface area contributed by atoms with Crippen LogP contribution in [0.2, 0.25) is 0 Å². The third-order valence-electron chi connectivity index (χ3n) is 3.54. The predicted octanol–water partition coefficient (Wildman–Crippen LogP) is 3.52. The predicted molar refractivity (Wildman–Crippen MR) is 84.8 cm³/mol. The zero-order chi connectivity index (χ0) is 13.8. The number of hydrogen-bond donors (Lipinski definition) is 2. The molecular weight excluding hydrogens is 377 g/mol. The average molecular weight is 394 g/mol. The Balaban J connectivity index is 1.85. The van der Waals surface area contributed by atoms with Crippen LogP contribution in [-0.2, 0) is 0 Å². The number of aromatic hydroxyl groups is 1. The Morgan fingerprint density at radius 1 is 1.37 bits per heavy atom. The highest BCUT2D eigenvalue weighted by Gasteiger charge is 2.20. The van der Waals surface area contributed by atoms with Crippen molar-refractivity contribution in [2.24, 2.45) is 5.92 Å². The standard InChI is InChI=1S/C14H17ClINO2/c15-11-4-1-9(2-5-11)8-17-14(19)10-3-6-12(16)13(18)7-10/h3,6-7,9,11,18H,1-2,4-5,8H2,(H,17,19). The molecule has 0 spiro atoms. The van der Waals surface area contributed by atoms with E-state index < -0.39 is 0 Å². The summed E-state index contributed by atoms with van der Waals surface area (Å²) in [6.45, 7) is 0.690. The van der Waals surface area contributed by atoms with Crippen LogP contribution in [0.4, 0.5) is 0 Å². The normalized spacial score (nSPS) is 23.1. The molecule has 0 atom stereocenters. The number of phenolic OH excluding ortho intramolecular Hbond substituents is 1. The summed E-state index contributed by atoms with van der Waals surface area (Å²) in [5.41, 5.74) is 0.504. The number of benzene rings is 1. The zero-order valence-corrected chi connectivity index (χ0v) is 13.4. The van der Waals surface area contributed by atoms with E-state index >= 15 is 0 Å². The Kier molecular flexibility index (Phi) is 5.33. The van der Waals surface area contributed by atoms with Crippen LogP contribution in [0, 0.1) is 9.49 Å². The quantitative estimate of drug-likeness (QED) is 0.610. The van der Waals surface area contributed by atoms with Crippen molar-refractivity contribution in [1.29, 1.82) is 0 Å². The van der Waals surface area contributed by atoms with Crippen LogP contribution in [0.15, 0.2) is 18.2 Å². The minimum absolute atomic E-state index is 0.125. The second-order valence-corrected chi connectivity index (χ2v) is 6.77. The van der Waals surface area contributed by atoms with Crippen LogP contribution in [0.3, 0.4) is 0 Å². The van der Waals surface area contributed by atoms with Crippen molar-refractivity contribution >= 4 is 40.1 Å². The first kappa shape index (κ1) is 14.9. The molecule has 104 valence electrons. The van der Waals surface area contributed by atoms with E-state index in [2.05, 4.69) is 5.32 Å². The van der Waals surface area contributed by atoms with Gasteiger partial charge >= 0.3 is 0 Å². The highest BCUT2D eigenvalue weighted by Crippen LogP contribution is 2.27. The molecule has 0 heterocycles. The van der Waals surface area contributed by atoms with Crippen LogP contribution in [0.5, 0.6) is 5.75 Å². The van der Waals surface area contributed by atoms with Gasteiger partial charge in [0.05, 0.1) is 3.57 Å². The van der Waals surface area contributed by atoms with E-state index in [1.807, 2.05) is 22.6 Å². The first-order valence-electron chi connectivity index (χ1n) is 6.47. The van der Waals surface area contributed by atoms with E-state index in [0.29, 0.717) is 23.4 Å². The highest BCUT2D eigenvalue weighted by atomic mass is 127. The van der Waals surface area contributed by atoms with Gasteiger partial charge in [0, 0.05) is 17.5 Å². The smallest absolute Gasteiger partial charge is 0.251 e. The topological polar surface area (TPSA) is 49.3 Å². The summed E-state index contributed by atoms with van der Waals surface area (Å²) >= 11 is 8.09. The van der Waals surface area contributed by atoms with Crippen LogP contribution in [0.25, 0.3) is 0 Å². The maximum Gasteiger partial charge on any atom is 0.251 e. The third-order valence-corrected chi connectivity index (χ3v) is 4.88. The average Bonchev–Trinajstić information content (AvgIpc) is 2.41. The summed E-state index contributed by atoms with van der Waals surface area (Å²) < 4.78 is 0.745. The summed E-state index contributed by atoms with van der Waals surface area (Å²) in [5, 5.41) is 12.8. The van der Waals surface area contributed by atoms with Gasteiger partial charge in [0.2, 0.25) is 0 Å². The van der Waals surface area contributed by atoms with Gasteiger partial charge in [-0.15, -0.1) is 11.6 Å². The molecule has 1 amide bonds. The molecule has 0 radical (unpaired) electrons. The van der Waals surface area contributed by atoms with Gasteiger partial charge in [-0.25, -0.2) is 0 Å². The summed E-state index contributed by atoms with van der Waals surface area (Å²) in [6.07, 6.45) is 4.22. The molecule has 1 aromatic rings. The van der Waals surface area contributed by atoms with E-state index in [1.54, 1.807) is 12.1 Å². The van der Waals surface area contributed by atoms with Crippen molar-refractivity contribution < 1.29 is 9.90 Å². The number of amides is 1. The van der Waals surface area contributed by atoms with Crippen LogP contribution >= 0.6 is 34.2 Å². The number of halogens is 2. The van der Waals surface area contributed by atoms with E-state index in [9.17, 15) is 9.90 Å². The Labute approximate surface area is 131 Å². The number of carbonyl (C=O) groups is 1. The van der Waals surface area contributed by atoms with Crippen molar-refractivity contribution in [2.45, 2.75) is 31.1 Å². The van der Waals surface area contributed by atoms with Gasteiger partial charge in [-0.3, -0.25) is 4.79 Å². The lowest BCUT2D eigenvalue weighted by molar-refractivity contribution is 0.0943.